The van der Waals surface area contributed by atoms with Gasteiger partial charge in [-0.3, -0.25) is 19.0 Å². The van der Waals surface area contributed by atoms with Gasteiger partial charge in [0.05, 0.1) is 17.2 Å². The fourth-order valence-electron chi connectivity index (χ4n) is 2.72. The van der Waals surface area contributed by atoms with Crippen molar-refractivity contribution in [2.75, 3.05) is 7.05 Å². The van der Waals surface area contributed by atoms with Crippen molar-refractivity contribution in [3.05, 3.63) is 40.4 Å². The Morgan fingerprint density at radius 2 is 2.00 bits per heavy atom. The summed E-state index contributed by atoms with van der Waals surface area (Å²) in [4.78, 5) is 41.0. The molecule has 0 radical (unpaired) electrons. The van der Waals surface area contributed by atoms with Gasteiger partial charge in [-0.2, -0.15) is 0 Å². The van der Waals surface area contributed by atoms with Crippen molar-refractivity contribution in [3.8, 4) is 0 Å². The van der Waals surface area contributed by atoms with Gasteiger partial charge in [0, 0.05) is 7.05 Å². The first kappa shape index (κ1) is 18.6. The van der Waals surface area contributed by atoms with Crippen LogP contribution in [0.1, 0.15) is 25.8 Å². The molecular formula is C18H24N4O3. The number of hydrogen-bond acceptors (Lipinski definition) is 4. The Kier molecular flexibility index (Phi) is 5.90. The number of amides is 2. The molecule has 1 aromatic carbocycles. The van der Waals surface area contributed by atoms with Crippen molar-refractivity contribution in [1.29, 1.82) is 0 Å². The Bertz CT molecular complexity index is 842. The Morgan fingerprint density at radius 1 is 1.28 bits per heavy atom. The number of likely N-dealkylation sites (N-methyl/N-ethyl adjacent to an activating group) is 1. The minimum absolute atomic E-state index is 0.179. The van der Waals surface area contributed by atoms with Gasteiger partial charge >= 0.3 is 0 Å². The predicted octanol–water partition coefficient (Wildman–Crippen LogP) is 0.982. The average molecular weight is 344 g/mol. The van der Waals surface area contributed by atoms with E-state index in [2.05, 4.69) is 15.6 Å². The number of nitrogens with one attached hydrogen (secondary N) is 2. The van der Waals surface area contributed by atoms with E-state index in [1.54, 1.807) is 12.1 Å². The van der Waals surface area contributed by atoms with Gasteiger partial charge in [-0.15, -0.1) is 0 Å². The molecule has 0 spiro atoms. The second-order valence-electron chi connectivity index (χ2n) is 6.51. The zero-order valence-corrected chi connectivity index (χ0v) is 15.0. The highest BCUT2D eigenvalue weighted by molar-refractivity contribution is 5.87. The zero-order valence-electron chi connectivity index (χ0n) is 15.0. The SMILES string of the molecule is CNC(=O)[C@@H](CC(C)C)NC(=O)Cn1cnc2c(C)cccc2c1=O. The molecule has 0 aliphatic carbocycles. The molecule has 134 valence electrons. The van der Waals surface area contributed by atoms with Gasteiger partial charge in [0.25, 0.3) is 5.56 Å². The van der Waals surface area contributed by atoms with Crippen LogP contribution in [-0.2, 0) is 16.1 Å². The lowest BCUT2D eigenvalue weighted by Crippen LogP contribution is -2.47. The minimum atomic E-state index is -0.621. The number of hydrogen-bond donors (Lipinski definition) is 2. The van der Waals surface area contributed by atoms with Crippen LogP contribution in [0.4, 0.5) is 0 Å². The van der Waals surface area contributed by atoms with E-state index in [4.69, 9.17) is 0 Å². The second kappa shape index (κ2) is 7.92. The third kappa shape index (κ3) is 4.43. The lowest BCUT2D eigenvalue weighted by molar-refractivity contribution is -0.129. The maximum Gasteiger partial charge on any atom is 0.261 e. The highest BCUT2D eigenvalue weighted by atomic mass is 16.2. The van der Waals surface area contributed by atoms with E-state index in [9.17, 15) is 14.4 Å². The molecule has 0 saturated heterocycles. The van der Waals surface area contributed by atoms with Crippen LogP contribution in [-0.4, -0.2) is 34.5 Å². The highest BCUT2D eigenvalue weighted by Gasteiger charge is 2.21. The van der Waals surface area contributed by atoms with Crippen molar-refractivity contribution in [1.82, 2.24) is 20.2 Å². The van der Waals surface area contributed by atoms with Crippen LogP contribution >= 0.6 is 0 Å². The van der Waals surface area contributed by atoms with Gasteiger partial charge in [0.1, 0.15) is 12.6 Å². The Balaban J connectivity index is 2.20. The number of aryl methyl sites for hydroxylation is 1. The van der Waals surface area contributed by atoms with Gasteiger partial charge in [0.2, 0.25) is 11.8 Å². The highest BCUT2D eigenvalue weighted by Crippen LogP contribution is 2.11. The van der Waals surface area contributed by atoms with E-state index in [0.717, 1.165) is 5.56 Å². The fourth-order valence-corrected chi connectivity index (χ4v) is 2.72. The first-order valence-electron chi connectivity index (χ1n) is 8.29. The molecule has 1 heterocycles. The van der Waals surface area contributed by atoms with Gasteiger partial charge < -0.3 is 10.6 Å². The monoisotopic (exact) mass is 344 g/mol. The third-order valence-electron chi connectivity index (χ3n) is 3.97. The summed E-state index contributed by atoms with van der Waals surface area (Å²) in [7, 11) is 1.53. The number of fused-ring (bicyclic) bond motifs is 1. The summed E-state index contributed by atoms with van der Waals surface area (Å²) in [5.74, 6) is -0.401. The van der Waals surface area contributed by atoms with Crippen LogP contribution < -0.4 is 16.2 Å². The molecule has 7 heteroatoms. The number of para-hydroxylation sites is 1. The third-order valence-corrected chi connectivity index (χ3v) is 3.97. The Hall–Kier alpha value is -2.70. The van der Waals surface area contributed by atoms with Gasteiger partial charge in [-0.05, 0) is 30.9 Å². The molecule has 2 rings (SSSR count). The van der Waals surface area contributed by atoms with E-state index < -0.39 is 11.9 Å². The van der Waals surface area contributed by atoms with E-state index in [-0.39, 0.29) is 23.9 Å². The van der Waals surface area contributed by atoms with E-state index >= 15 is 0 Å². The summed E-state index contributed by atoms with van der Waals surface area (Å²) in [6.07, 6.45) is 1.89. The minimum Gasteiger partial charge on any atom is -0.357 e. The average Bonchev–Trinajstić information content (AvgIpc) is 2.56. The van der Waals surface area contributed by atoms with E-state index in [1.165, 1.54) is 17.9 Å². The second-order valence-corrected chi connectivity index (χ2v) is 6.51. The smallest absolute Gasteiger partial charge is 0.261 e. The zero-order chi connectivity index (χ0) is 18.6. The molecule has 7 nitrogen and oxygen atoms in total. The molecular weight excluding hydrogens is 320 g/mol. The molecule has 2 N–H and O–H groups in total. The van der Waals surface area contributed by atoms with E-state index in [0.29, 0.717) is 17.3 Å². The maximum atomic E-state index is 12.5. The van der Waals surface area contributed by atoms with E-state index in [1.807, 2.05) is 26.8 Å². The number of nitrogens with zero attached hydrogens (tertiary/aromatic N) is 2. The quantitative estimate of drug-likeness (QED) is 0.817. The standard InChI is InChI=1S/C18H24N4O3/c1-11(2)8-14(17(24)19-4)21-15(23)9-22-10-20-16-12(3)6-5-7-13(16)18(22)25/h5-7,10-11,14H,8-9H2,1-4H3,(H,19,24)(H,21,23)/t14-/m1/s1. The summed E-state index contributed by atoms with van der Waals surface area (Å²) in [5, 5.41) is 5.72. The number of rotatable bonds is 6. The van der Waals surface area contributed by atoms with Crippen LogP contribution in [0.25, 0.3) is 10.9 Å². The Labute approximate surface area is 146 Å². The van der Waals surface area contributed by atoms with Gasteiger partial charge in [0.15, 0.2) is 0 Å². The summed E-state index contributed by atoms with van der Waals surface area (Å²) in [6, 6.07) is 4.74. The number of carbonyl (C=O) groups is 2. The predicted molar refractivity (Wildman–Crippen MR) is 96.2 cm³/mol. The van der Waals surface area contributed by atoms with Crippen LogP contribution in [0.5, 0.6) is 0 Å². The largest absolute Gasteiger partial charge is 0.357 e. The molecule has 0 unspecified atom stereocenters. The van der Waals surface area contributed by atoms with Crippen LogP contribution in [0, 0.1) is 12.8 Å². The topological polar surface area (TPSA) is 93.1 Å². The maximum absolute atomic E-state index is 12.5. The first-order valence-corrected chi connectivity index (χ1v) is 8.29. The number of carbonyl (C=O) groups excluding carboxylic acids is 2. The van der Waals surface area contributed by atoms with Crippen LogP contribution in [0.15, 0.2) is 29.3 Å². The number of aromatic nitrogens is 2. The van der Waals surface area contributed by atoms with Crippen molar-refractivity contribution >= 4 is 22.7 Å². The molecule has 2 aromatic rings. The summed E-state index contributed by atoms with van der Waals surface area (Å²) in [6.45, 7) is 5.65. The first-order chi connectivity index (χ1) is 11.8. The fraction of sp³-hybridized carbons (Fsp3) is 0.444. The summed E-state index contributed by atoms with van der Waals surface area (Å²) >= 11 is 0. The summed E-state index contributed by atoms with van der Waals surface area (Å²) < 4.78 is 1.26. The van der Waals surface area contributed by atoms with Crippen molar-refractivity contribution < 1.29 is 9.59 Å². The Morgan fingerprint density at radius 3 is 2.64 bits per heavy atom. The molecule has 0 fully saturated rings. The summed E-state index contributed by atoms with van der Waals surface area (Å²) in [5.41, 5.74) is 1.26. The molecule has 1 aromatic heterocycles. The lowest BCUT2D eigenvalue weighted by atomic mass is 10.0. The molecule has 0 saturated carbocycles. The molecule has 2 amide bonds. The molecule has 0 bridgehead atoms. The molecule has 25 heavy (non-hydrogen) atoms. The van der Waals surface area contributed by atoms with Crippen molar-refractivity contribution in [2.24, 2.45) is 5.92 Å². The normalized spacial score (nSPS) is 12.2. The molecule has 0 aliphatic heterocycles. The number of benzene rings is 1. The van der Waals surface area contributed by atoms with Crippen LogP contribution in [0.3, 0.4) is 0 Å². The molecule has 1 atom stereocenters. The van der Waals surface area contributed by atoms with Crippen molar-refractivity contribution in [2.45, 2.75) is 39.8 Å². The molecule has 0 aliphatic rings. The van der Waals surface area contributed by atoms with Crippen molar-refractivity contribution in [3.63, 3.8) is 0 Å². The lowest BCUT2D eigenvalue weighted by Gasteiger charge is -2.19. The van der Waals surface area contributed by atoms with Gasteiger partial charge in [-0.25, -0.2) is 4.98 Å². The van der Waals surface area contributed by atoms with Crippen LogP contribution in [0.2, 0.25) is 0 Å². The van der Waals surface area contributed by atoms with Gasteiger partial charge in [-0.1, -0.05) is 26.0 Å².